The molecule has 0 radical (unpaired) electrons. The molecule has 3 atom stereocenters. The maximum Gasteiger partial charge on any atom is 0.328 e. The highest BCUT2D eigenvalue weighted by molar-refractivity contribution is 9.11. The van der Waals surface area contributed by atoms with E-state index in [1.807, 2.05) is 0 Å². The van der Waals surface area contributed by atoms with Gasteiger partial charge in [0.1, 0.15) is 0 Å². The first-order valence-electron chi connectivity index (χ1n) is 5.98. The van der Waals surface area contributed by atoms with E-state index >= 15 is 0 Å². The van der Waals surface area contributed by atoms with Gasteiger partial charge in [-0.15, -0.1) is 0 Å². The van der Waals surface area contributed by atoms with Gasteiger partial charge in [-0.2, -0.15) is 0 Å². The molecule has 1 aromatic heterocycles. The van der Waals surface area contributed by atoms with Gasteiger partial charge in [-0.1, -0.05) is 15.9 Å². The van der Waals surface area contributed by atoms with Crippen LogP contribution in [0.4, 0.5) is 0 Å². The Morgan fingerprint density at radius 3 is 2.79 bits per heavy atom. The number of nitrogens with zero attached hydrogens (tertiary/aromatic N) is 1. The lowest BCUT2D eigenvalue weighted by Gasteiger charge is -2.13. The summed E-state index contributed by atoms with van der Waals surface area (Å²) in [6, 6.07) is -0.209. The number of halogens is 1. The third kappa shape index (κ3) is 2.88. The van der Waals surface area contributed by atoms with E-state index in [-0.39, 0.29) is 18.6 Å². The molecule has 2 rings (SSSR count). The minimum Gasteiger partial charge on any atom is -0.396 e. The van der Waals surface area contributed by atoms with E-state index in [1.165, 1.54) is 15.7 Å². The molecule has 3 unspecified atom stereocenters. The molecule has 104 valence electrons. The molecule has 0 spiro atoms. The Hall–Kier alpha value is -1.18. The van der Waals surface area contributed by atoms with E-state index in [4.69, 9.17) is 5.11 Å². The fourth-order valence-corrected chi connectivity index (χ4v) is 2.74. The molecule has 0 amide bonds. The lowest BCUT2D eigenvalue weighted by Crippen LogP contribution is -2.32. The standard InChI is InChI=1S/C12H15BrN2O4/c13-2-1-7-5-15(12(19)14-11(7)18)9-3-8(6-16)10(17)4-9/h1-2,5,8-10,16-17H,3-4,6H2,(H,14,18,19)/b2-1+. The second-order valence-corrected chi connectivity index (χ2v) is 5.21. The van der Waals surface area contributed by atoms with E-state index in [0.717, 1.165) is 0 Å². The van der Waals surface area contributed by atoms with Gasteiger partial charge in [0.25, 0.3) is 5.56 Å². The Kier molecular flexibility index (Phi) is 4.38. The van der Waals surface area contributed by atoms with Crippen molar-refractivity contribution in [2.24, 2.45) is 5.92 Å². The van der Waals surface area contributed by atoms with Gasteiger partial charge < -0.3 is 10.2 Å². The molecule has 0 aromatic carbocycles. The van der Waals surface area contributed by atoms with Crippen LogP contribution in [0.3, 0.4) is 0 Å². The van der Waals surface area contributed by atoms with Crippen molar-refractivity contribution >= 4 is 22.0 Å². The van der Waals surface area contributed by atoms with E-state index in [1.54, 1.807) is 6.08 Å². The van der Waals surface area contributed by atoms with Crippen LogP contribution in [0.25, 0.3) is 6.08 Å². The van der Waals surface area contributed by atoms with Crippen LogP contribution in [0.1, 0.15) is 24.4 Å². The molecule has 7 heteroatoms. The second-order valence-electron chi connectivity index (χ2n) is 4.68. The molecule has 0 saturated heterocycles. The van der Waals surface area contributed by atoms with Crippen LogP contribution in [0.2, 0.25) is 0 Å². The molecule has 1 heterocycles. The van der Waals surface area contributed by atoms with Crippen LogP contribution in [-0.4, -0.2) is 32.5 Å². The predicted molar refractivity (Wildman–Crippen MR) is 74.1 cm³/mol. The number of H-pyrrole nitrogens is 1. The first kappa shape index (κ1) is 14.2. The van der Waals surface area contributed by atoms with Gasteiger partial charge in [-0.05, 0) is 23.9 Å². The molecule has 1 fully saturated rings. The maximum absolute atomic E-state index is 11.8. The molecule has 6 nitrogen and oxygen atoms in total. The summed E-state index contributed by atoms with van der Waals surface area (Å²) in [6.45, 7) is -0.107. The highest BCUT2D eigenvalue weighted by atomic mass is 79.9. The van der Waals surface area contributed by atoms with Crippen molar-refractivity contribution < 1.29 is 10.2 Å². The number of nitrogens with one attached hydrogen (secondary N) is 1. The normalized spacial score (nSPS) is 27.2. The number of rotatable bonds is 3. The van der Waals surface area contributed by atoms with Crippen molar-refractivity contribution in [3.63, 3.8) is 0 Å². The van der Waals surface area contributed by atoms with Crippen molar-refractivity contribution in [1.82, 2.24) is 9.55 Å². The zero-order chi connectivity index (χ0) is 14.0. The average Bonchev–Trinajstić information content (AvgIpc) is 2.74. The van der Waals surface area contributed by atoms with Gasteiger partial charge in [0.15, 0.2) is 0 Å². The zero-order valence-electron chi connectivity index (χ0n) is 10.1. The van der Waals surface area contributed by atoms with Crippen LogP contribution in [0.5, 0.6) is 0 Å². The van der Waals surface area contributed by atoms with Gasteiger partial charge in [0, 0.05) is 24.8 Å². The molecular formula is C12H15BrN2O4. The summed E-state index contributed by atoms with van der Waals surface area (Å²) in [5, 5.41) is 18.9. The van der Waals surface area contributed by atoms with Crippen LogP contribution < -0.4 is 11.2 Å². The van der Waals surface area contributed by atoms with Crippen LogP contribution in [0, 0.1) is 5.92 Å². The first-order chi connectivity index (χ1) is 9.06. The summed E-state index contributed by atoms with van der Waals surface area (Å²) >= 11 is 3.08. The van der Waals surface area contributed by atoms with Gasteiger partial charge in [0.05, 0.1) is 11.7 Å². The fraction of sp³-hybridized carbons (Fsp3) is 0.500. The Bertz CT molecular complexity index is 592. The SMILES string of the molecule is O=c1[nH]c(=O)n(C2CC(O)C(CO)C2)cc1/C=C/Br. The minimum atomic E-state index is -0.621. The Morgan fingerprint density at radius 2 is 2.21 bits per heavy atom. The van der Waals surface area contributed by atoms with Crippen molar-refractivity contribution in [3.8, 4) is 0 Å². The first-order valence-corrected chi connectivity index (χ1v) is 6.89. The highest BCUT2D eigenvalue weighted by Crippen LogP contribution is 2.33. The number of aliphatic hydroxyl groups is 2. The number of aromatic nitrogens is 2. The van der Waals surface area contributed by atoms with Gasteiger partial charge >= 0.3 is 5.69 Å². The minimum absolute atomic E-state index is 0.107. The number of aromatic amines is 1. The smallest absolute Gasteiger partial charge is 0.328 e. The predicted octanol–water partition coefficient (Wildman–Crippen LogP) is 0.206. The van der Waals surface area contributed by atoms with Gasteiger partial charge in [0.2, 0.25) is 0 Å². The van der Waals surface area contributed by atoms with Gasteiger partial charge in [-0.25, -0.2) is 4.79 Å². The van der Waals surface area contributed by atoms with Crippen LogP contribution >= 0.6 is 15.9 Å². The molecule has 1 aliphatic carbocycles. The topological polar surface area (TPSA) is 95.3 Å². The lowest BCUT2D eigenvalue weighted by atomic mass is 10.1. The fourth-order valence-electron chi connectivity index (χ4n) is 2.46. The number of aliphatic hydroxyl groups excluding tert-OH is 2. The Balaban J connectivity index is 2.38. The Morgan fingerprint density at radius 1 is 1.47 bits per heavy atom. The van der Waals surface area contributed by atoms with Crippen molar-refractivity contribution in [2.45, 2.75) is 25.0 Å². The third-order valence-corrected chi connectivity index (χ3v) is 3.76. The third-order valence-electron chi connectivity index (χ3n) is 3.50. The summed E-state index contributed by atoms with van der Waals surface area (Å²) in [7, 11) is 0. The number of hydrogen-bond acceptors (Lipinski definition) is 4. The summed E-state index contributed by atoms with van der Waals surface area (Å²) in [5.74, 6) is -0.223. The van der Waals surface area contributed by atoms with E-state index in [0.29, 0.717) is 18.4 Å². The monoisotopic (exact) mass is 330 g/mol. The van der Waals surface area contributed by atoms with Crippen molar-refractivity contribution in [3.05, 3.63) is 37.6 Å². The van der Waals surface area contributed by atoms with Crippen molar-refractivity contribution in [1.29, 1.82) is 0 Å². The van der Waals surface area contributed by atoms with Crippen molar-refractivity contribution in [2.75, 3.05) is 6.61 Å². The quantitative estimate of drug-likeness (QED) is 0.738. The molecular weight excluding hydrogens is 316 g/mol. The van der Waals surface area contributed by atoms with E-state index < -0.39 is 17.4 Å². The molecule has 1 saturated carbocycles. The van der Waals surface area contributed by atoms with E-state index in [9.17, 15) is 14.7 Å². The maximum atomic E-state index is 11.8. The van der Waals surface area contributed by atoms with Gasteiger partial charge in [-0.3, -0.25) is 14.3 Å². The summed E-state index contributed by atoms with van der Waals surface area (Å²) in [6.07, 6.45) is 3.32. The molecule has 1 aromatic rings. The summed E-state index contributed by atoms with van der Waals surface area (Å²) < 4.78 is 1.42. The second kappa shape index (κ2) is 5.85. The molecule has 0 bridgehead atoms. The lowest BCUT2D eigenvalue weighted by molar-refractivity contribution is 0.0906. The summed E-state index contributed by atoms with van der Waals surface area (Å²) in [4.78, 5) is 27.2. The molecule has 1 aliphatic rings. The van der Waals surface area contributed by atoms with Crippen LogP contribution in [0.15, 0.2) is 20.8 Å². The largest absolute Gasteiger partial charge is 0.396 e. The number of hydrogen-bond donors (Lipinski definition) is 3. The van der Waals surface area contributed by atoms with E-state index in [2.05, 4.69) is 20.9 Å². The average molecular weight is 331 g/mol. The van der Waals surface area contributed by atoms with Crippen LogP contribution in [-0.2, 0) is 0 Å². The molecule has 3 N–H and O–H groups in total. The zero-order valence-corrected chi connectivity index (χ0v) is 11.7. The Labute approximate surface area is 117 Å². The molecule has 0 aliphatic heterocycles. The molecule has 19 heavy (non-hydrogen) atoms. The highest BCUT2D eigenvalue weighted by Gasteiger charge is 2.34. The summed E-state index contributed by atoms with van der Waals surface area (Å²) in [5.41, 5.74) is -0.583.